The van der Waals surface area contributed by atoms with E-state index in [1.54, 1.807) is 29.2 Å². The van der Waals surface area contributed by atoms with Crippen LogP contribution in [0.2, 0.25) is 5.02 Å². The number of amides is 1. The Bertz CT molecular complexity index is 958. The molecule has 148 valence electrons. The molecule has 3 aromatic carbocycles. The molecule has 0 aliphatic heterocycles. The summed E-state index contributed by atoms with van der Waals surface area (Å²) in [7, 11) is 0. The van der Waals surface area contributed by atoms with Gasteiger partial charge in [0.2, 0.25) is 0 Å². The summed E-state index contributed by atoms with van der Waals surface area (Å²) < 4.78 is 5.76. The summed E-state index contributed by atoms with van der Waals surface area (Å²) in [5.41, 5.74) is 5.43. The molecule has 1 aliphatic rings. The lowest BCUT2D eigenvalue weighted by molar-refractivity contribution is 0.149. The standard InChI is InChI=1S/C24H22ClNO3/c25-17-10-12-18(13-11-17)26(14-5-15-27)24(28)29-16-23-21-8-3-1-6-19(21)20-7-2-4-9-22(20)23/h1-4,6-13,23,27H,5,14-16H2. The highest BCUT2D eigenvalue weighted by Gasteiger charge is 2.29. The zero-order valence-electron chi connectivity index (χ0n) is 15.9. The maximum atomic E-state index is 12.9. The van der Waals surface area contributed by atoms with Crippen LogP contribution in [0.15, 0.2) is 72.8 Å². The number of anilines is 1. The molecule has 1 aliphatic carbocycles. The van der Waals surface area contributed by atoms with Gasteiger partial charge < -0.3 is 9.84 Å². The van der Waals surface area contributed by atoms with Gasteiger partial charge in [0.15, 0.2) is 0 Å². The number of nitrogens with zero attached hydrogens (tertiary/aromatic N) is 1. The molecule has 0 saturated heterocycles. The van der Waals surface area contributed by atoms with Crippen LogP contribution in [0.5, 0.6) is 0 Å². The van der Waals surface area contributed by atoms with Gasteiger partial charge in [0.05, 0.1) is 0 Å². The first-order valence-electron chi connectivity index (χ1n) is 9.68. The van der Waals surface area contributed by atoms with Crippen LogP contribution in [-0.2, 0) is 4.74 Å². The van der Waals surface area contributed by atoms with Gasteiger partial charge in [0.1, 0.15) is 6.61 Å². The molecule has 1 N–H and O–H groups in total. The van der Waals surface area contributed by atoms with E-state index in [4.69, 9.17) is 16.3 Å². The molecule has 0 unspecified atom stereocenters. The minimum absolute atomic E-state index is 0.000740. The molecule has 29 heavy (non-hydrogen) atoms. The minimum atomic E-state index is -0.428. The van der Waals surface area contributed by atoms with Gasteiger partial charge in [0, 0.05) is 29.8 Å². The number of halogens is 1. The molecule has 3 aromatic rings. The first kappa shape index (κ1) is 19.5. The lowest BCUT2D eigenvalue weighted by atomic mass is 9.98. The molecule has 1 amide bonds. The van der Waals surface area contributed by atoms with Gasteiger partial charge in [-0.05, 0) is 52.9 Å². The zero-order chi connectivity index (χ0) is 20.2. The largest absolute Gasteiger partial charge is 0.448 e. The van der Waals surface area contributed by atoms with Gasteiger partial charge in [-0.1, -0.05) is 60.1 Å². The first-order valence-corrected chi connectivity index (χ1v) is 10.1. The number of hydrogen-bond acceptors (Lipinski definition) is 3. The average Bonchev–Trinajstić information content (AvgIpc) is 3.07. The SMILES string of the molecule is O=C(OCC1c2ccccc2-c2ccccc21)N(CCCO)c1ccc(Cl)cc1. The van der Waals surface area contributed by atoms with Crippen molar-refractivity contribution in [1.29, 1.82) is 0 Å². The number of hydrogen-bond donors (Lipinski definition) is 1. The third kappa shape index (κ3) is 4.00. The number of aliphatic hydroxyl groups excluding tert-OH is 1. The molecule has 0 saturated carbocycles. The first-order chi connectivity index (χ1) is 14.2. The summed E-state index contributed by atoms with van der Waals surface area (Å²) >= 11 is 5.97. The van der Waals surface area contributed by atoms with E-state index in [-0.39, 0.29) is 19.1 Å². The summed E-state index contributed by atoms with van der Waals surface area (Å²) in [4.78, 5) is 14.4. The number of aliphatic hydroxyl groups is 1. The molecule has 0 atom stereocenters. The van der Waals surface area contributed by atoms with Crippen molar-refractivity contribution in [3.8, 4) is 11.1 Å². The van der Waals surface area contributed by atoms with Crippen LogP contribution in [0.4, 0.5) is 10.5 Å². The van der Waals surface area contributed by atoms with Crippen molar-refractivity contribution in [2.75, 3.05) is 24.7 Å². The second-order valence-electron chi connectivity index (χ2n) is 7.01. The van der Waals surface area contributed by atoms with E-state index in [0.717, 1.165) is 0 Å². The predicted octanol–water partition coefficient (Wildman–Crippen LogP) is 5.48. The van der Waals surface area contributed by atoms with Crippen LogP contribution >= 0.6 is 11.6 Å². The van der Waals surface area contributed by atoms with Crippen molar-refractivity contribution in [2.24, 2.45) is 0 Å². The number of carbonyl (C=O) groups excluding carboxylic acids is 1. The summed E-state index contributed by atoms with van der Waals surface area (Å²) in [5.74, 6) is 0.0104. The van der Waals surface area contributed by atoms with Gasteiger partial charge in [-0.25, -0.2) is 4.79 Å². The number of rotatable bonds is 6. The van der Waals surface area contributed by atoms with E-state index in [2.05, 4.69) is 24.3 Å². The van der Waals surface area contributed by atoms with Crippen molar-refractivity contribution in [1.82, 2.24) is 0 Å². The molecule has 0 aromatic heterocycles. The smallest absolute Gasteiger partial charge is 0.414 e. The Morgan fingerprint density at radius 2 is 1.52 bits per heavy atom. The molecule has 0 bridgehead atoms. The van der Waals surface area contributed by atoms with Crippen LogP contribution < -0.4 is 4.90 Å². The van der Waals surface area contributed by atoms with E-state index in [1.165, 1.54) is 22.3 Å². The van der Waals surface area contributed by atoms with Crippen LogP contribution in [0.1, 0.15) is 23.5 Å². The maximum absolute atomic E-state index is 12.9. The lowest BCUT2D eigenvalue weighted by Crippen LogP contribution is -2.33. The minimum Gasteiger partial charge on any atom is -0.448 e. The Morgan fingerprint density at radius 3 is 2.10 bits per heavy atom. The molecule has 4 nitrogen and oxygen atoms in total. The maximum Gasteiger partial charge on any atom is 0.414 e. The highest BCUT2D eigenvalue weighted by Crippen LogP contribution is 2.44. The van der Waals surface area contributed by atoms with Crippen LogP contribution in [0, 0.1) is 0 Å². The Balaban J connectivity index is 1.54. The Kier molecular flexibility index (Phi) is 5.84. The van der Waals surface area contributed by atoms with Gasteiger partial charge in [-0.3, -0.25) is 4.90 Å². The predicted molar refractivity (Wildman–Crippen MR) is 116 cm³/mol. The van der Waals surface area contributed by atoms with Crippen molar-refractivity contribution < 1.29 is 14.6 Å². The van der Waals surface area contributed by atoms with Gasteiger partial charge in [0.25, 0.3) is 0 Å². The molecule has 0 fully saturated rings. The Morgan fingerprint density at radius 1 is 0.931 bits per heavy atom. The van der Waals surface area contributed by atoms with Crippen LogP contribution in [0.25, 0.3) is 11.1 Å². The van der Waals surface area contributed by atoms with Crippen LogP contribution in [-0.4, -0.2) is 31.0 Å². The monoisotopic (exact) mass is 407 g/mol. The van der Waals surface area contributed by atoms with Crippen LogP contribution in [0.3, 0.4) is 0 Å². The molecule has 0 heterocycles. The van der Waals surface area contributed by atoms with E-state index >= 15 is 0 Å². The average molecular weight is 408 g/mol. The molecule has 0 radical (unpaired) electrons. The third-order valence-corrected chi connectivity index (χ3v) is 5.49. The van der Waals surface area contributed by atoms with Gasteiger partial charge >= 0.3 is 6.09 Å². The van der Waals surface area contributed by atoms with Crippen molar-refractivity contribution in [3.05, 3.63) is 88.9 Å². The molecular formula is C24H22ClNO3. The summed E-state index contributed by atoms with van der Waals surface area (Å²) in [5, 5.41) is 9.81. The van der Waals surface area contributed by atoms with E-state index in [0.29, 0.717) is 23.7 Å². The molecule has 4 rings (SSSR count). The molecular weight excluding hydrogens is 386 g/mol. The number of fused-ring (bicyclic) bond motifs is 3. The fraction of sp³-hybridized carbons (Fsp3) is 0.208. The van der Waals surface area contributed by atoms with Crippen molar-refractivity contribution in [3.63, 3.8) is 0 Å². The summed E-state index contributed by atoms with van der Waals surface area (Å²) in [6.07, 6.45) is 0.0370. The fourth-order valence-electron chi connectivity index (χ4n) is 3.85. The highest BCUT2D eigenvalue weighted by atomic mass is 35.5. The number of benzene rings is 3. The number of carbonyl (C=O) groups is 1. The fourth-order valence-corrected chi connectivity index (χ4v) is 3.97. The third-order valence-electron chi connectivity index (χ3n) is 5.23. The highest BCUT2D eigenvalue weighted by molar-refractivity contribution is 6.30. The number of ether oxygens (including phenoxy) is 1. The summed E-state index contributed by atoms with van der Waals surface area (Å²) in [6, 6.07) is 23.5. The Hall–Kier alpha value is -2.82. The van der Waals surface area contributed by atoms with Gasteiger partial charge in [-0.2, -0.15) is 0 Å². The molecule has 5 heteroatoms. The topological polar surface area (TPSA) is 49.8 Å². The lowest BCUT2D eigenvalue weighted by Gasteiger charge is -2.23. The van der Waals surface area contributed by atoms with Crippen molar-refractivity contribution >= 4 is 23.4 Å². The van der Waals surface area contributed by atoms with E-state index in [9.17, 15) is 9.90 Å². The van der Waals surface area contributed by atoms with Gasteiger partial charge in [-0.15, -0.1) is 0 Å². The second kappa shape index (κ2) is 8.68. The van der Waals surface area contributed by atoms with Crippen molar-refractivity contribution in [2.45, 2.75) is 12.3 Å². The quantitative estimate of drug-likeness (QED) is 0.588. The normalized spacial score (nSPS) is 12.3. The van der Waals surface area contributed by atoms with E-state index < -0.39 is 6.09 Å². The Labute approximate surface area is 175 Å². The van der Waals surface area contributed by atoms with E-state index in [1.807, 2.05) is 24.3 Å². The zero-order valence-corrected chi connectivity index (χ0v) is 16.7. The molecule has 0 spiro atoms. The summed E-state index contributed by atoms with van der Waals surface area (Å²) in [6.45, 7) is 0.631. The second-order valence-corrected chi connectivity index (χ2v) is 7.45.